The smallest absolute Gasteiger partial charge is 0.0409 e. The van der Waals surface area contributed by atoms with E-state index in [1.807, 2.05) is 12.1 Å². The fourth-order valence-electron chi connectivity index (χ4n) is 2.93. The summed E-state index contributed by atoms with van der Waals surface area (Å²) in [6.45, 7) is 6.50. The topological polar surface area (TPSA) is 6.48 Å². The number of benzene rings is 2. The van der Waals surface area contributed by atoms with E-state index < -0.39 is 0 Å². The molecule has 1 saturated heterocycles. The molecule has 2 aromatic carbocycles. The van der Waals surface area contributed by atoms with Crippen molar-refractivity contribution in [3.05, 3.63) is 76.8 Å². The Labute approximate surface area is 144 Å². The molecule has 2 nitrogen and oxygen atoms in total. The van der Waals surface area contributed by atoms with Crippen LogP contribution in [0.2, 0.25) is 5.02 Å². The molecule has 0 aromatic heterocycles. The monoisotopic (exact) mass is 326 g/mol. The summed E-state index contributed by atoms with van der Waals surface area (Å²) in [5, 5.41) is 0.826. The van der Waals surface area contributed by atoms with E-state index >= 15 is 0 Å². The molecule has 1 aliphatic heterocycles. The molecule has 0 N–H and O–H groups in total. The maximum atomic E-state index is 6.06. The zero-order valence-corrected chi connectivity index (χ0v) is 14.1. The van der Waals surface area contributed by atoms with Crippen LogP contribution in [0, 0.1) is 0 Å². The fraction of sp³-hybridized carbons (Fsp3) is 0.300. The molecule has 1 fully saturated rings. The highest BCUT2D eigenvalue weighted by molar-refractivity contribution is 6.30. The van der Waals surface area contributed by atoms with Gasteiger partial charge in [-0.3, -0.25) is 9.80 Å². The van der Waals surface area contributed by atoms with Crippen LogP contribution < -0.4 is 0 Å². The van der Waals surface area contributed by atoms with Gasteiger partial charge in [-0.2, -0.15) is 0 Å². The van der Waals surface area contributed by atoms with E-state index in [1.54, 1.807) is 0 Å². The van der Waals surface area contributed by atoms with Gasteiger partial charge in [0.05, 0.1) is 0 Å². The molecule has 120 valence electrons. The number of hydrogen-bond acceptors (Lipinski definition) is 2. The average Bonchev–Trinajstić information content (AvgIpc) is 2.58. The molecule has 1 heterocycles. The van der Waals surface area contributed by atoms with Gasteiger partial charge in [-0.15, -0.1) is 0 Å². The minimum absolute atomic E-state index is 0.826. The Bertz CT molecular complexity index is 631. The van der Waals surface area contributed by atoms with E-state index in [9.17, 15) is 0 Å². The van der Waals surface area contributed by atoms with Gasteiger partial charge in [0.25, 0.3) is 0 Å². The van der Waals surface area contributed by atoms with E-state index in [1.165, 1.54) is 11.1 Å². The first-order valence-corrected chi connectivity index (χ1v) is 8.58. The van der Waals surface area contributed by atoms with Gasteiger partial charge < -0.3 is 0 Å². The van der Waals surface area contributed by atoms with Crippen LogP contribution in [0.5, 0.6) is 0 Å². The Morgan fingerprint density at radius 2 is 1.61 bits per heavy atom. The predicted octanol–water partition coefficient (Wildman–Crippen LogP) is 4.17. The van der Waals surface area contributed by atoms with Crippen LogP contribution in [0.25, 0.3) is 6.08 Å². The van der Waals surface area contributed by atoms with Crippen LogP contribution in [-0.4, -0.2) is 42.5 Å². The summed E-state index contributed by atoms with van der Waals surface area (Å²) < 4.78 is 0. The minimum Gasteiger partial charge on any atom is -0.297 e. The molecule has 0 radical (unpaired) electrons. The highest BCUT2D eigenvalue weighted by Gasteiger charge is 2.15. The van der Waals surface area contributed by atoms with Crippen molar-refractivity contribution in [1.82, 2.24) is 9.80 Å². The Kier molecular flexibility index (Phi) is 5.87. The number of nitrogens with zero attached hydrogens (tertiary/aromatic N) is 2. The van der Waals surface area contributed by atoms with Crippen molar-refractivity contribution in [2.24, 2.45) is 0 Å². The molecule has 0 saturated carbocycles. The SMILES string of the molecule is Clc1cccc(CN2CCN(CC=Cc3ccccc3)CC2)c1. The second kappa shape index (κ2) is 8.30. The van der Waals surface area contributed by atoms with Gasteiger partial charge in [-0.25, -0.2) is 0 Å². The molecular weight excluding hydrogens is 304 g/mol. The molecule has 0 bridgehead atoms. The zero-order valence-electron chi connectivity index (χ0n) is 13.4. The van der Waals surface area contributed by atoms with Gasteiger partial charge in [-0.1, -0.05) is 66.2 Å². The molecule has 0 spiro atoms. The lowest BCUT2D eigenvalue weighted by atomic mass is 10.2. The first kappa shape index (κ1) is 16.3. The second-order valence-corrected chi connectivity index (χ2v) is 6.46. The molecule has 0 aliphatic carbocycles. The molecule has 2 aromatic rings. The highest BCUT2D eigenvalue weighted by Crippen LogP contribution is 2.14. The molecule has 0 atom stereocenters. The summed E-state index contributed by atoms with van der Waals surface area (Å²) in [4.78, 5) is 5.01. The van der Waals surface area contributed by atoms with Crippen molar-refractivity contribution in [2.75, 3.05) is 32.7 Å². The van der Waals surface area contributed by atoms with Gasteiger partial charge >= 0.3 is 0 Å². The largest absolute Gasteiger partial charge is 0.297 e. The molecule has 3 rings (SSSR count). The van der Waals surface area contributed by atoms with Gasteiger partial charge in [0.2, 0.25) is 0 Å². The van der Waals surface area contributed by atoms with E-state index in [-0.39, 0.29) is 0 Å². The minimum atomic E-state index is 0.826. The average molecular weight is 327 g/mol. The van der Waals surface area contributed by atoms with E-state index in [0.717, 1.165) is 44.3 Å². The van der Waals surface area contributed by atoms with Crippen molar-refractivity contribution in [2.45, 2.75) is 6.54 Å². The lowest BCUT2D eigenvalue weighted by molar-refractivity contribution is 0.137. The van der Waals surface area contributed by atoms with E-state index in [4.69, 9.17) is 11.6 Å². The highest BCUT2D eigenvalue weighted by atomic mass is 35.5. The molecule has 23 heavy (non-hydrogen) atoms. The summed E-state index contributed by atoms with van der Waals surface area (Å²) in [6, 6.07) is 18.7. The van der Waals surface area contributed by atoms with Crippen molar-refractivity contribution in [3.8, 4) is 0 Å². The fourth-order valence-corrected chi connectivity index (χ4v) is 3.14. The van der Waals surface area contributed by atoms with E-state index in [0.29, 0.717) is 0 Å². The maximum Gasteiger partial charge on any atom is 0.0409 e. The van der Waals surface area contributed by atoms with Gasteiger partial charge in [0.1, 0.15) is 0 Å². The lowest BCUT2D eigenvalue weighted by Gasteiger charge is -2.34. The molecule has 1 aliphatic rings. The van der Waals surface area contributed by atoms with Crippen molar-refractivity contribution >= 4 is 17.7 Å². The van der Waals surface area contributed by atoms with Crippen LogP contribution in [-0.2, 0) is 6.54 Å². The number of halogens is 1. The molecule has 0 amide bonds. The molecule has 3 heteroatoms. The van der Waals surface area contributed by atoms with Crippen LogP contribution in [0.15, 0.2) is 60.7 Å². The van der Waals surface area contributed by atoms with Crippen LogP contribution >= 0.6 is 11.6 Å². The maximum absolute atomic E-state index is 6.06. The summed E-state index contributed by atoms with van der Waals surface area (Å²) in [6.07, 6.45) is 4.47. The number of hydrogen-bond donors (Lipinski definition) is 0. The first-order valence-electron chi connectivity index (χ1n) is 8.20. The third-order valence-electron chi connectivity index (χ3n) is 4.23. The van der Waals surface area contributed by atoms with Gasteiger partial charge in [-0.05, 0) is 23.3 Å². The molecule has 0 unspecified atom stereocenters. The predicted molar refractivity (Wildman–Crippen MR) is 98.6 cm³/mol. The van der Waals surface area contributed by atoms with Crippen LogP contribution in [0.4, 0.5) is 0 Å². The quantitative estimate of drug-likeness (QED) is 0.813. The molecular formula is C20H23ClN2. The third kappa shape index (κ3) is 5.21. The third-order valence-corrected chi connectivity index (χ3v) is 4.47. The van der Waals surface area contributed by atoms with Crippen LogP contribution in [0.3, 0.4) is 0 Å². The second-order valence-electron chi connectivity index (χ2n) is 6.02. The summed E-state index contributed by atoms with van der Waals surface area (Å²) >= 11 is 6.06. The lowest BCUT2D eigenvalue weighted by Crippen LogP contribution is -2.45. The Balaban J connectivity index is 1.42. The van der Waals surface area contributed by atoms with Crippen molar-refractivity contribution in [3.63, 3.8) is 0 Å². The van der Waals surface area contributed by atoms with Crippen molar-refractivity contribution < 1.29 is 0 Å². The Morgan fingerprint density at radius 1 is 0.870 bits per heavy atom. The Morgan fingerprint density at radius 3 is 2.35 bits per heavy atom. The summed E-state index contributed by atoms with van der Waals surface area (Å²) in [7, 11) is 0. The normalized spacial score (nSPS) is 16.9. The van der Waals surface area contributed by atoms with Crippen LogP contribution in [0.1, 0.15) is 11.1 Å². The van der Waals surface area contributed by atoms with Gasteiger partial charge in [0.15, 0.2) is 0 Å². The van der Waals surface area contributed by atoms with Gasteiger partial charge in [0, 0.05) is 44.3 Å². The van der Waals surface area contributed by atoms with Crippen molar-refractivity contribution in [1.29, 1.82) is 0 Å². The number of piperazine rings is 1. The summed E-state index contributed by atoms with van der Waals surface area (Å²) in [5.74, 6) is 0. The van der Waals surface area contributed by atoms with E-state index in [2.05, 4.69) is 64.4 Å². The zero-order chi connectivity index (χ0) is 15.9. The summed E-state index contributed by atoms with van der Waals surface area (Å²) in [5.41, 5.74) is 2.57. The standard InChI is InChI=1S/C20H23ClN2/c21-20-10-4-8-19(16-20)17-23-14-12-22(13-15-23)11-5-9-18-6-2-1-3-7-18/h1-10,16H,11-15,17H2. The first-order chi connectivity index (χ1) is 11.3. The Hall–Kier alpha value is -1.61. The number of rotatable bonds is 5.